The van der Waals surface area contributed by atoms with E-state index < -0.39 is 0 Å². The first-order valence-corrected chi connectivity index (χ1v) is 10.5. The van der Waals surface area contributed by atoms with Gasteiger partial charge < -0.3 is 0 Å². The van der Waals surface area contributed by atoms with Crippen LogP contribution in [0.1, 0.15) is 12.8 Å². The molecule has 0 amide bonds. The van der Waals surface area contributed by atoms with Gasteiger partial charge in [-0.1, -0.05) is 12.8 Å². The van der Waals surface area contributed by atoms with E-state index in [0.717, 1.165) is 8.57 Å². The predicted molar refractivity (Wildman–Crippen MR) is 67.7 cm³/mol. The van der Waals surface area contributed by atoms with E-state index >= 15 is 0 Å². The molecule has 0 spiro atoms. The van der Waals surface area contributed by atoms with Crippen molar-refractivity contribution in [3.8, 4) is 0 Å². The van der Waals surface area contributed by atoms with Gasteiger partial charge in [-0.05, 0) is 8.57 Å². The van der Waals surface area contributed by atoms with Crippen LogP contribution in [0.4, 0.5) is 0 Å². The monoisotopic (exact) mass is 236 g/mol. The highest BCUT2D eigenvalue weighted by Crippen LogP contribution is 2.46. The van der Waals surface area contributed by atoms with Crippen molar-refractivity contribution < 1.29 is 0 Å². The topological polar surface area (TPSA) is 0 Å². The quantitative estimate of drug-likeness (QED) is 0.398. The molecule has 0 saturated carbocycles. The first-order chi connectivity index (χ1) is 4.36. The van der Waals surface area contributed by atoms with Crippen LogP contribution in [0, 0.1) is 0 Å². The SMILES string of the molecule is [SiH3]C1([SiH3])CCC([SiH3])([SiH3])[Si]1=S. The Morgan fingerprint density at radius 1 is 1.00 bits per heavy atom. The lowest BCUT2D eigenvalue weighted by atomic mass is 10.4. The smallest absolute Gasteiger partial charge is 0.0921 e. The molecule has 58 valence electrons. The van der Waals surface area contributed by atoms with Gasteiger partial charge in [-0.2, -0.15) is 0 Å². The molecular formula is C4H16SSi5. The van der Waals surface area contributed by atoms with Gasteiger partial charge >= 0.3 is 0 Å². The highest BCUT2D eigenvalue weighted by Gasteiger charge is 2.42. The lowest BCUT2D eigenvalue weighted by Gasteiger charge is -2.22. The summed E-state index contributed by atoms with van der Waals surface area (Å²) in [6.45, 7) is 0. The first-order valence-electron chi connectivity index (χ1n) is 3.91. The summed E-state index contributed by atoms with van der Waals surface area (Å²) < 4.78 is 1.70. The summed E-state index contributed by atoms with van der Waals surface area (Å²) >= 11 is 5.72. The Morgan fingerprint density at radius 2 is 1.30 bits per heavy atom. The van der Waals surface area contributed by atoms with Gasteiger partial charge in [-0.25, -0.2) is 0 Å². The van der Waals surface area contributed by atoms with E-state index in [-0.39, 0.29) is 7.50 Å². The van der Waals surface area contributed by atoms with E-state index in [9.17, 15) is 0 Å². The van der Waals surface area contributed by atoms with Gasteiger partial charge in [0.2, 0.25) is 0 Å². The number of rotatable bonds is 0. The van der Waals surface area contributed by atoms with Crippen LogP contribution < -0.4 is 0 Å². The molecule has 1 aliphatic heterocycles. The van der Waals surface area contributed by atoms with Gasteiger partial charge in [0, 0.05) is 41.0 Å². The van der Waals surface area contributed by atoms with Crippen LogP contribution in [0.15, 0.2) is 0 Å². The fraction of sp³-hybridized carbons (Fsp3) is 1.00. The van der Waals surface area contributed by atoms with E-state index in [1.807, 2.05) is 0 Å². The summed E-state index contributed by atoms with van der Waals surface area (Å²) in [7, 11) is 5.38. The van der Waals surface area contributed by atoms with Crippen LogP contribution in [0.5, 0.6) is 0 Å². The molecule has 10 heavy (non-hydrogen) atoms. The van der Waals surface area contributed by atoms with E-state index in [1.54, 1.807) is 0 Å². The zero-order chi connectivity index (χ0) is 7.99. The third-order valence-corrected chi connectivity index (χ3v) is 21.2. The standard InChI is InChI=1S/C4H16SSi5/c5-10-3(6,7)1-2-4(10,8)9/h1-2H2,6-9H3. The van der Waals surface area contributed by atoms with Crippen molar-refractivity contribution in [3.05, 3.63) is 0 Å². The summed E-state index contributed by atoms with van der Waals surface area (Å²) in [5.41, 5.74) is 0. The summed E-state index contributed by atoms with van der Waals surface area (Å²) in [5, 5.41) is 0. The zero-order valence-corrected chi connectivity index (χ0v) is 17.1. The van der Waals surface area contributed by atoms with Crippen LogP contribution in [-0.4, -0.2) is 48.5 Å². The Hall–Kier alpha value is 1.30. The highest BCUT2D eigenvalue weighted by atomic mass is 32.2. The molecule has 1 heterocycles. The van der Waals surface area contributed by atoms with Crippen molar-refractivity contribution in [2.75, 3.05) is 0 Å². The van der Waals surface area contributed by atoms with Gasteiger partial charge in [-0.15, -0.1) is 11.6 Å². The van der Waals surface area contributed by atoms with Crippen molar-refractivity contribution in [2.24, 2.45) is 0 Å². The minimum absolute atomic E-state index is 0.279. The largest absolute Gasteiger partial charge is 0.140 e. The molecule has 1 fully saturated rings. The van der Waals surface area contributed by atoms with Crippen LogP contribution in [-0.2, 0) is 0 Å². The van der Waals surface area contributed by atoms with E-state index in [2.05, 4.69) is 0 Å². The normalized spacial score (nSPS) is 49.4. The Morgan fingerprint density at radius 3 is 1.40 bits per heavy atom. The van der Waals surface area contributed by atoms with Crippen molar-refractivity contribution in [3.63, 3.8) is 0 Å². The second-order valence-corrected chi connectivity index (χ2v) is 26.0. The Bertz CT molecular complexity index is 156. The second kappa shape index (κ2) is 2.66. The van der Waals surface area contributed by atoms with Gasteiger partial charge in [0.15, 0.2) is 0 Å². The third kappa shape index (κ3) is 1.56. The van der Waals surface area contributed by atoms with Gasteiger partial charge in [-0.3, -0.25) is 0 Å². The maximum absolute atomic E-state index is 5.72. The van der Waals surface area contributed by atoms with E-state index in [0.29, 0.717) is 0 Å². The van der Waals surface area contributed by atoms with E-state index in [1.165, 1.54) is 53.8 Å². The van der Waals surface area contributed by atoms with E-state index in [4.69, 9.17) is 11.6 Å². The minimum atomic E-state index is -0.279. The first kappa shape index (κ1) is 9.39. The third-order valence-electron chi connectivity index (χ3n) is 2.60. The fourth-order valence-electron chi connectivity index (χ4n) is 1.77. The lowest BCUT2D eigenvalue weighted by molar-refractivity contribution is 0.822. The molecule has 1 saturated heterocycles. The number of hydrogen-bond acceptors (Lipinski definition) is 1. The Balaban J connectivity index is 2.88. The van der Waals surface area contributed by atoms with Crippen LogP contribution >= 0.6 is 11.6 Å². The fourth-order valence-corrected chi connectivity index (χ4v) is 20.0. The number of hydrogen-bond donors (Lipinski definition) is 0. The molecule has 0 aromatic carbocycles. The molecule has 0 radical (unpaired) electrons. The summed E-state index contributed by atoms with van der Waals surface area (Å²) in [6.07, 6.45) is 3.08. The summed E-state index contributed by atoms with van der Waals surface area (Å²) in [4.78, 5) is 0. The average Bonchev–Trinajstić information content (AvgIpc) is 1.95. The molecule has 0 unspecified atom stereocenters. The zero-order valence-electron chi connectivity index (χ0n) is 7.32. The Labute approximate surface area is 81.4 Å². The summed E-state index contributed by atoms with van der Waals surface area (Å²) in [6, 6.07) is 0. The molecule has 0 aromatic rings. The maximum atomic E-state index is 5.72. The predicted octanol–water partition coefficient (Wildman–Crippen LogP) is -3.26. The molecule has 0 aliphatic carbocycles. The molecule has 0 atom stereocenters. The van der Waals surface area contributed by atoms with Crippen LogP contribution in [0.25, 0.3) is 0 Å². The molecule has 0 bridgehead atoms. The minimum Gasteiger partial charge on any atom is -0.140 e. The van der Waals surface area contributed by atoms with Gasteiger partial charge in [0.25, 0.3) is 0 Å². The van der Waals surface area contributed by atoms with Crippen molar-refractivity contribution in [1.82, 2.24) is 0 Å². The molecule has 6 heteroatoms. The molecule has 0 nitrogen and oxygen atoms in total. The molecule has 0 N–H and O–H groups in total. The van der Waals surface area contributed by atoms with Crippen molar-refractivity contribution in [1.29, 1.82) is 0 Å². The van der Waals surface area contributed by atoms with Crippen LogP contribution in [0.2, 0.25) is 8.57 Å². The van der Waals surface area contributed by atoms with Gasteiger partial charge in [0.1, 0.15) is 0 Å². The molecular weight excluding hydrogens is 221 g/mol. The molecule has 1 aliphatic rings. The van der Waals surface area contributed by atoms with Crippen LogP contribution in [0.3, 0.4) is 0 Å². The molecule has 0 aromatic heterocycles. The lowest BCUT2D eigenvalue weighted by Crippen LogP contribution is -2.28. The second-order valence-electron chi connectivity index (χ2n) is 4.60. The highest BCUT2D eigenvalue weighted by molar-refractivity contribution is 7.90. The van der Waals surface area contributed by atoms with Crippen molar-refractivity contribution >= 4 is 60.1 Å². The Kier molecular flexibility index (Phi) is 2.50. The molecule has 1 rings (SSSR count). The summed E-state index contributed by atoms with van der Waals surface area (Å²) in [5.74, 6) is 0. The average molecular weight is 237 g/mol. The van der Waals surface area contributed by atoms with Gasteiger partial charge in [0.05, 0.1) is 7.50 Å². The van der Waals surface area contributed by atoms with Crippen molar-refractivity contribution in [2.45, 2.75) is 21.4 Å². The maximum Gasteiger partial charge on any atom is 0.0921 e.